The molecule has 3 heterocycles. The number of ether oxygens (including phenoxy) is 2. The minimum absolute atomic E-state index is 0.432. The van der Waals surface area contributed by atoms with E-state index in [4.69, 9.17) is 13.9 Å². The van der Waals surface area contributed by atoms with E-state index in [0.29, 0.717) is 5.92 Å². The zero-order valence-corrected chi connectivity index (χ0v) is 15.1. The number of hydrogen-bond donors (Lipinski definition) is 1. The van der Waals surface area contributed by atoms with Gasteiger partial charge in [-0.25, -0.2) is 0 Å². The fraction of sp³-hybridized carbons (Fsp3) is 0.350. The van der Waals surface area contributed by atoms with Gasteiger partial charge < -0.3 is 13.9 Å². The summed E-state index contributed by atoms with van der Waals surface area (Å²) in [4.78, 5) is 2.42. The van der Waals surface area contributed by atoms with E-state index < -0.39 is 0 Å². The molecule has 1 aliphatic heterocycles. The molecule has 6 heteroatoms. The van der Waals surface area contributed by atoms with E-state index in [1.807, 2.05) is 30.3 Å². The number of rotatable bonds is 6. The molecule has 0 aliphatic carbocycles. The molecule has 1 aromatic carbocycles. The molecule has 4 rings (SSSR count). The van der Waals surface area contributed by atoms with Crippen molar-refractivity contribution in [1.82, 2.24) is 15.1 Å². The lowest BCUT2D eigenvalue weighted by molar-refractivity contribution is 0.295. The normalized spacial score (nSPS) is 17.5. The molecule has 26 heavy (non-hydrogen) atoms. The van der Waals surface area contributed by atoms with Crippen LogP contribution in [0.4, 0.5) is 0 Å². The fourth-order valence-corrected chi connectivity index (χ4v) is 3.61. The van der Waals surface area contributed by atoms with Crippen molar-refractivity contribution >= 4 is 0 Å². The van der Waals surface area contributed by atoms with Crippen LogP contribution in [0.3, 0.4) is 0 Å². The van der Waals surface area contributed by atoms with Crippen molar-refractivity contribution < 1.29 is 13.9 Å². The van der Waals surface area contributed by atoms with Gasteiger partial charge in [0.1, 0.15) is 23.0 Å². The highest BCUT2D eigenvalue weighted by molar-refractivity contribution is 5.51. The van der Waals surface area contributed by atoms with Crippen molar-refractivity contribution in [3.63, 3.8) is 0 Å². The first kappa shape index (κ1) is 16.7. The summed E-state index contributed by atoms with van der Waals surface area (Å²) >= 11 is 0. The SMILES string of the molecule is COc1ccc(OC)c([C@H]2CCN(Cc3ccc(-c4ccn[nH]4)o3)C2)c1. The fourth-order valence-electron chi connectivity index (χ4n) is 3.61. The second-order valence-corrected chi connectivity index (χ2v) is 6.56. The molecule has 1 atom stereocenters. The Hall–Kier alpha value is -2.73. The number of methoxy groups -OCH3 is 2. The lowest BCUT2D eigenvalue weighted by atomic mass is 9.97. The number of H-pyrrole nitrogens is 1. The predicted molar refractivity (Wildman–Crippen MR) is 98.5 cm³/mol. The van der Waals surface area contributed by atoms with Crippen molar-refractivity contribution in [2.24, 2.45) is 0 Å². The molecule has 1 N–H and O–H groups in total. The number of nitrogens with one attached hydrogen (secondary N) is 1. The smallest absolute Gasteiger partial charge is 0.152 e. The second-order valence-electron chi connectivity index (χ2n) is 6.56. The zero-order chi connectivity index (χ0) is 17.9. The molecule has 2 aromatic heterocycles. The Morgan fingerprint density at radius 3 is 2.88 bits per heavy atom. The Morgan fingerprint density at radius 2 is 2.12 bits per heavy atom. The largest absolute Gasteiger partial charge is 0.497 e. The van der Waals surface area contributed by atoms with Gasteiger partial charge in [-0.2, -0.15) is 5.10 Å². The molecule has 0 amide bonds. The average Bonchev–Trinajstić information content (AvgIpc) is 3.42. The van der Waals surface area contributed by atoms with Crippen LogP contribution in [0, 0.1) is 0 Å². The lowest BCUT2D eigenvalue weighted by Gasteiger charge is -2.17. The van der Waals surface area contributed by atoms with E-state index in [9.17, 15) is 0 Å². The number of benzene rings is 1. The van der Waals surface area contributed by atoms with Crippen LogP contribution in [0.5, 0.6) is 11.5 Å². The number of hydrogen-bond acceptors (Lipinski definition) is 5. The highest BCUT2D eigenvalue weighted by Crippen LogP contribution is 2.36. The molecule has 1 aliphatic rings. The van der Waals surface area contributed by atoms with Crippen LogP contribution in [0.2, 0.25) is 0 Å². The molecule has 6 nitrogen and oxygen atoms in total. The Bertz CT molecular complexity index is 857. The monoisotopic (exact) mass is 353 g/mol. The molecule has 0 saturated carbocycles. The summed E-state index contributed by atoms with van der Waals surface area (Å²) in [5, 5.41) is 6.90. The van der Waals surface area contributed by atoms with Gasteiger partial charge in [-0.3, -0.25) is 10.00 Å². The molecule has 3 aromatic rings. The van der Waals surface area contributed by atoms with Gasteiger partial charge in [-0.15, -0.1) is 0 Å². The molecule has 136 valence electrons. The van der Waals surface area contributed by atoms with Crippen LogP contribution < -0.4 is 9.47 Å². The number of aromatic nitrogens is 2. The van der Waals surface area contributed by atoms with Crippen LogP contribution >= 0.6 is 0 Å². The minimum Gasteiger partial charge on any atom is -0.497 e. The number of aromatic amines is 1. The second kappa shape index (κ2) is 7.25. The molecule has 0 spiro atoms. The van der Waals surface area contributed by atoms with Crippen LogP contribution in [0.1, 0.15) is 23.7 Å². The van der Waals surface area contributed by atoms with Gasteiger partial charge in [0.2, 0.25) is 0 Å². The summed E-state index contributed by atoms with van der Waals surface area (Å²) in [7, 11) is 3.42. The maximum absolute atomic E-state index is 5.95. The summed E-state index contributed by atoms with van der Waals surface area (Å²) in [6, 6.07) is 12.0. The third kappa shape index (κ3) is 3.32. The van der Waals surface area contributed by atoms with Gasteiger partial charge in [0.05, 0.1) is 20.8 Å². The van der Waals surface area contributed by atoms with E-state index in [1.54, 1.807) is 20.4 Å². The first-order valence-corrected chi connectivity index (χ1v) is 8.79. The van der Waals surface area contributed by atoms with E-state index in [2.05, 4.69) is 21.2 Å². The molecule has 0 bridgehead atoms. The third-order valence-electron chi connectivity index (χ3n) is 4.96. The summed E-state index contributed by atoms with van der Waals surface area (Å²) in [6.45, 7) is 2.81. The Labute approximate surface area is 152 Å². The molecule has 1 saturated heterocycles. The van der Waals surface area contributed by atoms with Crippen molar-refractivity contribution in [3.8, 4) is 23.0 Å². The third-order valence-corrected chi connectivity index (χ3v) is 4.96. The topological polar surface area (TPSA) is 63.5 Å². The molecule has 0 unspecified atom stereocenters. The van der Waals surface area contributed by atoms with Gasteiger partial charge >= 0.3 is 0 Å². The van der Waals surface area contributed by atoms with Gasteiger partial charge in [0.25, 0.3) is 0 Å². The maximum atomic E-state index is 5.95. The Kier molecular flexibility index (Phi) is 4.67. The van der Waals surface area contributed by atoms with Crippen LogP contribution in [-0.2, 0) is 6.54 Å². The molecular formula is C20H23N3O3. The summed E-state index contributed by atoms with van der Waals surface area (Å²) in [5.41, 5.74) is 2.11. The van der Waals surface area contributed by atoms with E-state index >= 15 is 0 Å². The van der Waals surface area contributed by atoms with Crippen LogP contribution in [0.25, 0.3) is 11.5 Å². The van der Waals surface area contributed by atoms with E-state index in [0.717, 1.165) is 54.8 Å². The van der Waals surface area contributed by atoms with Crippen LogP contribution in [-0.4, -0.2) is 42.4 Å². The van der Waals surface area contributed by atoms with Crippen molar-refractivity contribution in [2.45, 2.75) is 18.9 Å². The minimum atomic E-state index is 0.432. The van der Waals surface area contributed by atoms with E-state index in [-0.39, 0.29) is 0 Å². The lowest BCUT2D eigenvalue weighted by Crippen LogP contribution is -2.19. The Morgan fingerprint density at radius 1 is 1.19 bits per heavy atom. The van der Waals surface area contributed by atoms with Gasteiger partial charge in [0, 0.05) is 24.2 Å². The Balaban J connectivity index is 1.44. The highest BCUT2D eigenvalue weighted by atomic mass is 16.5. The van der Waals surface area contributed by atoms with Crippen molar-refractivity contribution in [2.75, 3.05) is 27.3 Å². The number of furan rings is 1. The van der Waals surface area contributed by atoms with Gasteiger partial charge in [-0.05, 0) is 49.4 Å². The van der Waals surface area contributed by atoms with Gasteiger partial charge in [0.15, 0.2) is 5.76 Å². The molecular weight excluding hydrogens is 330 g/mol. The highest BCUT2D eigenvalue weighted by Gasteiger charge is 2.27. The van der Waals surface area contributed by atoms with Crippen molar-refractivity contribution in [1.29, 1.82) is 0 Å². The predicted octanol–water partition coefficient (Wildman–Crippen LogP) is 3.68. The maximum Gasteiger partial charge on any atom is 0.152 e. The number of nitrogens with zero attached hydrogens (tertiary/aromatic N) is 2. The molecule has 1 fully saturated rings. The summed E-state index contributed by atoms with van der Waals surface area (Å²) in [6.07, 6.45) is 2.82. The molecule has 0 radical (unpaired) electrons. The first-order chi connectivity index (χ1) is 12.8. The van der Waals surface area contributed by atoms with Crippen LogP contribution in [0.15, 0.2) is 47.0 Å². The van der Waals surface area contributed by atoms with Crippen molar-refractivity contribution in [3.05, 3.63) is 53.9 Å². The summed E-state index contributed by atoms with van der Waals surface area (Å²) in [5.74, 6) is 4.02. The van der Waals surface area contributed by atoms with Gasteiger partial charge in [-0.1, -0.05) is 0 Å². The zero-order valence-electron chi connectivity index (χ0n) is 15.1. The standard InChI is InChI=1S/C20H23N3O3/c1-24-15-3-5-19(25-2)17(11-15)14-8-10-23(12-14)13-16-4-6-20(26-16)18-7-9-21-22-18/h3-7,9,11,14H,8,10,12-13H2,1-2H3,(H,21,22)/t14-/m0/s1. The quantitative estimate of drug-likeness (QED) is 0.732. The summed E-state index contributed by atoms with van der Waals surface area (Å²) < 4.78 is 16.9. The number of likely N-dealkylation sites (tertiary alicyclic amines) is 1. The first-order valence-electron chi connectivity index (χ1n) is 8.79. The average molecular weight is 353 g/mol. The van der Waals surface area contributed by atoms with E-state index in [1.165, 1.54) is 5.56 Å².